The molecule has 1 amide bonds. The van der Waals surface area contributed by atoms with Gasteiger partial charge >= 0.3 is 0 Å². The SMILES string of the molecule is CN1C(=O)/C(=C\c2c(NCCCN3CCOCC3)nc3ccccn3c2=O)SC1=S. The molecule has 30 heavy (non-hydrogen) atoms. The Kier molecular flexibility index (Phi) is 6.47. The fourth-order valence-electron chi connectivity index (χ4n) is 3.38. The molecule has 0 unspecified atom stereocenters. The molecule has 0 saturated carbocycles. The van der Waals surface area contributed by atoms with E-state index < -0.39 is 0 Å². The van der Waals surface area contributed by atoms with Gasteiger partial charge in [0.1, 0.15) is 15.8 Å². The van der Waals surface area contributed by atoms with Gasteiger partial charge in [0, 0.05) is 32.9 Å². The van der Waals surface area contributed by atoms with Crippen molar-refractivity contribution in [2.45, 2.75) is 6.42 Å². The molecule has 0 spiro atoms. The van der Waals surface area contributed by atoms with Crippen LogP contribution in [-0.2, 0) is 9.53 Å². The Hall–Kier alpha value is -2.27. The Bertz CT molecular complexity index is 1060. The van der Waals surface area contributed by atoms with Gasteiger partial charge < -0.3 is 10.1 Å². The van der Waals surface area contributed by atoms with E-state index in [0.717, 1.165) is 39.3 Å². The summed E-state index contributed by atoms with van der Waals surface area (Å²) < 4.78 is 7.34. The summed E-state index contributed by atoms with van der Waals surface area (Å²) in [6.07, 6.45) is 4.18. The third-order valence-corrected chi connectivity index (χ3v) is 6.56. The van der Waals surface area contributed by atoms with E-state index in [9.17, 15) is 9.59 Å². The van der Waals surface area contributed by atoms with Crippen molar-refractivity contribution in [3.63, 3.8) is 0 Å². The van der Waals surface area contributed by atoms with Crippen molar-refractivity contribution in [1.82, 2.24) is 19.2 Å². The first-order chi connectivity index (χ1) is 14.5. The van der Waals surface area contributed by atoms with E-state index in [1.807, 2.05) is 6.07 Å². The van der Waals surface area contributed by atoms with Gasteiger partial charge in [0.15, 0.2) is 0 Å². The van der Waals surface area contributed by atoms with Crippen LogP contribution in [0.25, 0.3) is 11.7 Å². The maximum Gasteiger partial charge on any atom is 0.267 e. The van der Waals surface area contributed by atoms with Crippen molar-refractivity contribution in [3.8, 4) is 0 Å². The van der Waals surface area contributed by atoms with E-state index in [4.69, 9.17) is 17.0 Å². The molecule has 2 aliphatic heterocycles. The number of aromatic nitrogens is 2. The minimum absolute atomic E-state index is 0.208. The van der Waals surface area contributed by atoms with Crippen LogP contribution in [0.4, 0.5) is 5.82 Å². The first-order valence-corrected chi connectivity index (χ1v) is 11.0. The van der Waals surface area contributed by atoms with Crippen LogP contribution in [0.3, 0.4) is 0 Å². The number of morpholine rings is 1. The lowest BCUT2D eigenvalue weighted by molar-refractivity contribution is -0.121. The third-order valence-electron chi connectivity index (χ3n) is 5.08. The Morgan fingerprint density at radius 1 is 1.30 bits per heavy atom. The summed E-state index contributed by atoms with van der Waals surface area (Å²) in [5.41, 5.74) is 0.690. The predicted octanol–water partition coefficient (Wildman–Crippen LogP) is 1.66. The number of ether oxygens (including phenoxy) is 1. The average Bonchev–Trinajstić information content (AvgIpc) is 3.01. The predicted molar refractivity (Wildman–Crippen MR) is 123 cm³/mol. The summed E-state index contributed by atoms with van der Waals surface area (Å²) in [7, 11) is 1.63. The zero-order chi connectivity index (χ0) is 21.1. The normalized spacial score (nSPS) is 19.2. The molecule has 8 nitrogen and oxygen atoms in total. The van der Waals surface area contributed by atoms with Gasteiger partial charge in [0.05, 0.1) is 23.7 Å². The highest BCUT2D eigenvalue weighted by Gasteiger charge is 2.29. The number of likely N-dealkylation sites (N-methyl/N-ethyl adjacent to an activating group) is 1. The number of carbonyl (C=O) groups is 1. The number of pyridine rings is 1. The van der Waals surface area contributed by atoms with Crippen LogP contribution in [0.5, 0.6) is 0 Å². The molecule has 1 N–H and O–H groups in total. The van der Waals surface area contributed by atoms with E-state index in [-0.39, 0.29) is 11.5 Å². The van der Waals surface area contributed by atoms with Crippen molar-refractivity contribution >= 4 is 51.7 Å². The summed E-state index contributed by atoms with van der Waals surface area (Å²) in [5, 5.41) is 3.30. The maximum absolute atomic E-state index is 13.1. The van der Waals surface area contributed by atoms with Gasteiger partial charge in [0.25, 0.3) is 11.5 Å². The topological polar surface area (TPSA) is 79.2 Å². The summed E-state index contributed by atoms with van der Waals surface area (Å²) in [5.74, 6) is 0.273. The van der Waals surface area contributed by atoms with E-state index in [0.29, 0.717) is 32.8 Å². The van der Waals surface area contributed by atoms with Crippen LogP contribution in [0.2, 0.25) is 0 Å². The van der Waals surface area contributed by atoms with Crippen molar-refractivity contribution < 1.29 is 9.53 Å². The molecule has 0 atom stereocenters. The molecule has 2 fully saturated rings. The first kappa shape index (κ1) is 21.0. The molecule has 2 aliphatic rings. The summed E-state index contributed by atoms with van der Waals surface area (Å²) in [6, 6.07) is 5.41. The molecule has 2 aromatic heterocycles. The Balaban J connectivity index is 1.59. The van der Waals surface area contributed by atoms with Crippen LogP contribution in [0, 0.1) is 0 Å². The molecule has 0 aromatic carbocycles. The van der Waals surface area contributed by atoms with Crippen molar-refractivity contribution in [2.75, 3.05) is 51.8 Å². The molecule has 4 rings (SSSR count). The molecule has 2 saturated heterocycles. The van der Waals surface area contributed by atoms with Gasteiger partial charge in [-0.25, -0.2) is 4.98 Å². The van der Waals surface area contributed by atoms with Gasteiger partial charge in [-0.15, -0.1) is 0 Å². The first-order valence-electron chi connectivity index (χ1n) is 9.81. The second-order valence-electron chi connectivity index (χ2n) is 7.08. The summed E-state index contributed by atoms with van der Waals surface area (Å²) >= 11 is 6.39. The lowest BCUT2D eigenvalue weighted by atomic mass is 10.2. The van der Waals surface area contributed by atoms with Crippen molar-refractivity contribution in [3.05, 3.63) is 45.2 Å². The van der Waals surface area contributed by atoms with Gasteiger partial charge in [-0.2, -0.15) is 0 Å². The van der Waals surface area contributed by atoms with Crippen molar-refractivity contribution in [1.29, 1.82) is 0 Å². The number of thioether (sulfide) groups is 1. The van der Waals surface area contributed by atoms with Gasteiger partial charge in [-0.05, 0) is 31.2 Å². The number of nitrogens with one attached hydrogen (secondary N) is 1. The highest BCUT2D eigenvalue weighted by molar-refractivity contribution is 8.26. The molecule has 0 aliphatic carbocycles. The van der Waals surface area contributed by atoms with E-state index >= 15 is 0 Å². The standard InChI is InChI=1S/C20H23N5O3S2/c1-23-19(27)15(30-20(23)29)13-14-17(21-6-4-7-24-9-11-28-12-10-24)22-16-5-2-3-8-25(16)18(14)26/h2-3,5,8,13,21H,4,6-7,9-12H2,1H3/b15-13+. The lowest BCUT2D eigenvalue weighted by Gasteiger charge is -2.26. The molecule has 10 heteroatoms. The number of rotatable bonds is 6. The Morgan fingerprint density at radius 3 is 2.83 bits per heavy atom. The van der Waals surface area contributed by atoms with Gasteiger partial charge in [-0.3, -0.25) is 23.8 Å². The van der Waals surface area contributed by atoms with E-state index in [1.54, 1.807) is 31.5 Å². The monoisotopic (exact) mass is 445 g/mol. The number of thiocarbonyl (C=S) groups is 1. The number of hydrogen-bond acceptors (Lipinski definition) is 8. The summed E-state index contributed by atoms with van der Waals surface area (Å²) in [4.78, 5) is 34.4. The minimum Gasteiger partial charge on any atom is -0.379 e. The Labute approximate surface area is 183 Å². The fraction of sp³-hybridized carbons (Fsp3) is 0.400. The van der Waals surface area contributed by atoms with E-state index in [1.165, 1.54) is 21.1 Å². The highest BCUT2D eigenvalue weighted by Crippen LogP contribution is 2.31. The highest BCUT2D eigenvalue weighted by atomic mass is 32.2. The third kappa shape index (κ3) is 4.41. The second-order valence-corrected chi connectivity index (χ2v) is 8.76. The lowest BCUT2D eigenvalue weighted by Crippen LogP contribution is -2.37. The molecule has 2 aromatic rings. The number of fused-ring (bicyclic) bond motifs is 1. The van der Waals surface area contributed by atoms with Crippen LogP contribution >= 0.6 is 24.0 Å². The smallest absolute Gasteiger partial charge is 0.267 e. The largest absolute Gasteiger partial charge is 0.379 e. The number of anilines is 1. The zero-order valence-electron chi connectivity index (χ0n) is 16.7. The summed E-state index contributed by atoms with van der Waals surface area (Å²) in [6.45, 7) is 5.06. The van der Waals surface area contributed by atoms with Crippen LogP contribution in [-0.4, -0.2) is 75.9 Å². The number of nitrogens with zero attached hydrogens (tertiary/aromatic N) is 4. The van der Waals surface area contributed by atoms with Crippen LogP contribution < -0.4 is 10.9 Å². The average molecular weight is 446 g/mol. The molecule has 0 bridgehead atoms. The molecular weight excluding hydrogens is 422 g/mol. The Morgan fingerprint density at radius 2 is 2.10 bits per heavy atom. The molecular formula is C20H23N5O3S2. The number of amides is 1. The zero-order valence-corrected chi connectivity index (χ0v) is 18.3. The van der Waals surface area contributed by atoms with Gasteiger partial charge in [0.2, 0.25) is 0 Å². The molecule has 0 radical (unpaired) electrons. The second kappa shape index (κ2) is 9.25. The molecule has 4 heterocycles. The van der Waals surface area contributed by atoms with Crippen molar-refractivity contribution in [2.24, 2.45) is 0 Å². The van der Waals surface area contributed by atoms with Gasteiger partial charge in [-0.1, -0.05) is 30.0 Å². The number of carbonyl (C=O) groups excluding carboxylic acids is 1. The molecule has 158 valence electrons. The number of hydrogen-bond donors (Lipinski definition) is 1. The fourth-order valence-corrected chi connectivity index (χ4v) is 4.54. The minimum atomic E-state index is -0.224. The van der Waals surface area contributed by atoms with Crippen LogP contribution in [0.15, 0.2) is 34.1 Å². The quantitative estimate of drug-likeness (QED) is 0.409. The van der Waals surface area contributed by atoms with E-state index in [2.05, 4.69) is 15.2 Å². The maximum atomic E-state index is 13.1. The van der Waals surface area contributed by atoms with Crippen LogP contribution in [0.1, 0.15) is 12.0 Å².